The van der Waals surface area contributed by atoms with Crippen LogP contribution in [0.2, 0.25) is 0 Å². The average molecular weight is 448 g/mol. The van der Waals surface area contributed by atoms with Gasteiger partial charge in [-0.05, 0) is 84.5 Å². The van der Waals surface area contributed by atoms with Crippen molar-refractivity contribution in [2.45, 2.75) is 25.7 Å². The normalized spacial score (nSPS) is 16.2. The molecule has 0 N–H and O–H groups in total. The molecule has 1 atom stereocenters. The lowest BCUT2D eigenvalue weighted by Crippen LogP contribution is -2.02. The first kappa shape index (κ1) is 22.8. The Hall–Kier alpha value is -1.85. The standard InChI is InChI=1S/C23H26FO4PS/c1-5-27-29(25,28-6-2)15-23-16(3)21(20-12-9-18(24)14-22(20)23)13-17-7-10-19(11-8-17)30(4)26/h7-14H,5-6,15H2,1-4H3. The zero-order valence-corrected chi connectivity index (χ0v) is 19.3. The molecule has 0 radical (unpaired) electrons. The van der Waals surface area contributed by atoms with Crippen LogP contribution in [0.3, 0.4) is 0 Å². The first-order valence-corrected chi connectivity index (χ1v) is 13.1. The molecule has 2 aromatic carbocycles. The number of benzene rings is 2. The van der Waals surface area contributed by atoms with Crippen LogP contribution in [0.4, 0.5) is 4.39 Å². The van der Waals surface area contributed by atoms with Gasteiger partial charge in [0.05, 0.1) is 19.4 Å². The molecule has 0 amide bonds. The molecule has 4 nitrogen and oxygen atoms in total. The summed E-state index contributed by atoms with van der Waals surface area (Å²) < 4.78 is 49.8. The van der Waals surface area contributed by atoms with Gasteiger partial charge < -0.3 is 9.05 Å². The van der Waals surface area contributed by atoms with E-state index in [4.69, 9.17) is 9.05 Å². The highest BCUT2D eigenvalue weighted by Crippen LogP contribution is 2.55. The van der Waals surface area contributed by atoms with Crippen LogP contribution in [-0.4, -0.2) is 29.8 Å². The van der Waals surface area contributed by atoms with Gasteiger partial charge in [0.1, 0.15) is 5.82 Å². The maximum atomic E-state index is 14.1. The molecule has 0 bridgehead atoms. The van der Waals surface area contributed by atoms with E-state index in [1.807, 2.05) is 37.3 Å². The quantitative estimate of drug-likeness (QED) is 0.454. The van der Waals surface area contributed by atoms with E-state index in [1.165, 1.54) is 12.1 Å². The highest BCUT2D eigenvalue weighted by atomic mass is 32.2. The molecule has 1 aliphatic rings. The van der Waals surface area contributed by atoms with E-state index in [1.54, 1.807) is 26.2 Å². The molecule has 0 fully saturated rings. The molecule has 30 heavy (non-hydrogen) atoms. The molecule has 1 unspecified atom stereocenters. The third kappa shape index (κ3) is 4.89. The summed E-state index contributed by atoms with van der Waals surface area (Å²) in [5.74, 6) is -0.349. The van der Waals surface area contributed by atoms with Crippen LogP contribution in [0.5, 0.6) is 0 Å². The van der Waals surface area contributed by atoms with Crippen LogP contribution >= 0.6 is 7.60 Å². The molecule has 7 heteroatoms. The third-order valence-corrected chi connectivity index (χ3v) is 7.92. The van der Waals surface area contributed by atoms with Crippen molar-refractivity contribution in [2.75, 3.05) is 25.6 Å². The van der Waals surface area contributed by atoms with Crippen molar-refractivity contribution in [3.63, 3.8) is 0 Å². The van der Waals surface area contributed by atoms with Crippen molar-refractivity contribution in [1.82, 2.24) is 0 Å². The Labute approximate surface area is 179 Å². The van der Waals surface area contributed by atoms with E-state index in [-0.39, 0.29) is 25.2 Å². The minimum Gasteiger partial charge on any atom is -0.309 e. The van der Waals surface area contributed by atoms with Crippen LogP contribution in [-0.2, 0) is 24.4 Å². The number of halogens is 1. The summed E-state index contributed by atoms with van der Waals surface area (Å²) in [6, 6.07) is 12.1. The number of allylic oxidation sites excluding steroid dienone is 3. The van der Waals surface area contributed by atoms with E-state index < -0.39 is 18.4 Å². The van der Waals surface area contributed by atoms with Crippen molar-refractivity contribution < 1.29 is 22.2 Å². The second-order valence-corrected chi connectivity index (χ2v) is 10.4. The van der Waals surface area contributed by atoms with Crippen molar-refractivity contribution in [1.29, 1.82) is 0 Å². The van der Waals surface area contributed by atoms with Gasteiger partial charge in [0, 0.05) is 22.0 Å². The lowest BCUT2D eigenvalue weighted by molar-refractivity contribution is 0.223. The van der Waals surface area contributed by atoms with Crippen molar-refractivity contribution in [2.24, 2.45) is 0 Å². The molecule has 3 rings (SSSR count). The second-order valence-electron chi connectivity index (χ2n) is 6.98. The molecule has 0 saturated carbocycles. The average Bonchev–Trinajstić information content (AvgIpc) is 2.93. The summed E-state index contributed by atoms with van der Waals surface area (Å²) in [6.45, 7) is 6.03. The number of hydrogen-bond donors (Lipinski definition) is 0. The minimum atomic E-state index is -3.34. The van der Waals surface area contributed by atoms with Crippen molar-refractivity contribution >= 4 is 35.6 Å². The van der Waals surface area contributed by atoms with Gasteiger partial charge in [-0.2, -0.15) is 0 Å². The molecule has 2 aromatic rings. The molecule has 160 valence electrons. The largest absolute Gasteiger partial charge is 0.335 e. The van der Waals surface area contributed by atoms with Crippen LogP contribution in [0.15, 0.2) is 52.9 Å². The Morgan fingerprint density at radius 1 is 1.03 bits per heavy atom. The Kier molecular flexibility index (Phi) is 7.25. The second kappa shape index (κ2) is 9.52. The Bertz CT molecular complexity index is 1060. The summed E-state index contributed by atoms with van der Waals surface area (Å²) in [5.41, 5.74) is 5.15. The lowest BCUT2D eigenvalue weighted by atomic mass is 10.0. The molecule has 0 spiro atoms. The van der Waals surface area contributed by atoms with E-state index >= 15 is 0 Å². The monoisotopic (exact) mass is 448 g/mol. The van der Waals surface area contributed by atoms with Gasteiger partial charge in [0.15, 0.2) is 0 Å². The molecular weight excluding hydrogens is 422 g/mol. The zero-order valence-electron chi connectivity index (χ0n) is 17.6. The molecule has 0 heterocycles. The number of hydrogen-bond acceptors (Lipinski definition) is 4. The first-order valence-electron chi connectivity index (χ1n) is 9.81. The minimum absolute atomic E-state index is 0.0854. The van der Waals surface area contributed by atoms with Gasteiger partial charge in [-0.3, -0.25) is 8.77 Å². The van der Waals surface area contributed by atoms with Gasteiger partial charge in [0.2, 0.25) is 0 Å². The first-order chi connectivity index (χ1) is 14.3. The van der Waals surface area contributed by atoms with Gasteiger partial charge in [0.25, 0.3) is 0 Å². The predicted octanol–water partition coefficient (Wildman–Crippen LogP) is 6.16. The van der Waals surface area contributed by atoms with Gasteiger partial charge in [-0.1, -0.05) is 18.2 Å². The topological polar surface area (TPSA) is 52.6 Å². The van der Waals surface area contributed by atoms with E-state index in [9.17, 15) is 13.2 Å². The fraction of sp³-hybridized carbons (Fsp3) is 0.304. The molecule has 1 aliphatic carbocycles. The van der Waals surface area contributed by atoms with E-state index in [0.717, 1.165) is 32.7 Å². The molecule has 0 saturated heterocycles. The molecule has 0 aromatic heterocycles. The van der Waals surface area contributed by atoms with Crippen LogP contribution in [0.25, 0.3) is 17.2 Å². The smallest absolute Gasteiger partial charge is 0.309 e. The van der Waals surface area contributed by atoms with Crippen molar-refractivity contribution in [3.05, 3.63) is 70.5 Å². The van der Waals surface area contributed by atoms with Gasteiger partial charge >= 0.3 is 7.60 Å². The summed E-state index contributed by atoms with van der Waals surface area (Å²) in [5, 5.41) is 0. The van der Waals surface area contributed by atoms with Crippen LogP contribution in [0.1, 0.15) is 37.5 Å². The Balaban J connectivity index is 2.08. The Morgan fingerprint density at radius 3 is 2.23 bits per heavy atom. The number of fused-ring (bicyclic) bond motifs is 1. The summed E-state index contributed by atoms with van der Waals surface area (Å²) in [6.07, 6.45) is 3.74. The molecular formula is C23H26FO4PS. The fourth-order valence-electron chi connectivity index (χ4n) is 3.60. The zero-order chi connectivity index (χ0) is 21.9. The number of rotatable bonds is 8. The fourth-order valence-corrected chi connectivity index (χ4v) is 5.95. The highest BCUT2D eigenvalue weighted by Gasteiger charge is 2.32. The Morgan fingerprint density at radius 2 is 1.67 bits per heavy atom. The van der Waals surface area contributed by atoms with E-state index in [2.05, 4.69) is 0 Å². The predicted molar refractivity (Wildman–Crippen MR) is 121 cm³/mol. The highest BCUT2D eigenvalue weighted by molar-refractivity contribution is 7.84. The maximum Gasteiger partial charge on any atom is 0.335 e. The van der Waals surface area contributed by atoms with E-state index in [0.29, 0.717) is 5.56 Å². The SMILES string of the molecule is CCOP(=O)(CC1=C(C)C(=Cc2ccc(S(C)=O)cc2)c2ccc(F)cc21)OCC. The third-order valence-electron chi connectivity index (χ3n) is 4.98. The summed E-state index contributed by atoms with van der Waals surface area (Å²) >= 11 is 0. The van der Waals surface area contributed by atoms with Crippen LogP contribution < -0.4 is 0 Å². The van der Waals surface area contributed by atoms with Gasteiger partial charge in [-0.25, -0.2) is 4.39 Å². The summed E-state index contributed by atoms with van der Waals surface area (Å²) in [7, 11) is -4.38. The van der Waals surface area contributed by atoms with Crippen molar-refractivity contribution in [3.8, 4) is 0 Å². The molecule has 0 aliphatic heterocycles. The maximum absolute atomic E-state index is 14.1. The van der Waals surface area contributed by atoms with Crippen LogP contribution in [0, 0.1) is 5.82 Å². The van der Waals surface area contributed by atoms with Gasteiger partial charge in [-0.15, -0.1) is 0 Å². The lowest BCUT2D eigenvalue weighted by Gasteiger charge is -2.18. The summed E-state index contributed by atoms with van der Waals surface area (Å²) in [4.78, 5) is 0.758.